The fourth-order valence-electron chi connectivity index (χ4n) is 1.68. The summed E-state index contributed by atoms with van der Waals surface area (Å²) in [5, 5.41) is 2.81. The van der Waals surface area contributed by atoms with Gasteiger partial charge in [0.05, 0.1) is 6.54 Å². The lowest BCUT2D eigenvalue weighted by Crippen LogP contribution is -2.40. The number of rotatable bonds is 8. The summed E-state index contributed by atoms with van der Waals surface area (Å²) < 4.78 is 0. The number of carbonyl (C=O) groups excluding carboxylic acids is 1. The van der Waals surface area contributed by atoms with E-state index >= 15 is 0 Å². The summed E-state index contributed by atoms with van der Waals surface area (Å²) >= 11 is 0. The molecule has 0 unspecified atom stereocenters. The van der Waals surface area contributed by atoms with Crippen LogP contribution in [0, 0.1) is 11.8 Å². The molecule has 0 aromatic heterocycles. The number of hydrogen-bond donors (Lipinski definition) is 1. The van der Waals surface area contributed by atoms with Gasteiger partial charge in [0.25, 0.3) is 0 Å². The molecule has 3 heteroatoms. The molecule has 3 nitrogen and oxygen atoms in total. The van der Waals surface area contributed by atoms with Gasteiger partial charge in [0.2, 0.25) is 5.91 Å². The van der Waals surface area contributed by atoms with Crippen molar-refractivity contribution in [2.24, 2.45) is 11.8 Å². The second-order valence-electron chi connectivity index (χ2n) is 5.07. The van der Waals surface area contributed by atoms with Crippen LogP contribution in [0.2, 0.25) is 0 Å². The normalized spacial score (nSPS) is 11.2. The summed E-state index contributed by atoms with van der Waals surface area (Å²) in [5.41, 5.74) is 0. The first-order chi connectivity index (χ1) is 7.45. The quantitative estimate of drug-likeness (QED) is 0.641. The Labute approximate surface area is 99.9 Å². The smallest absolute Gasteiger partial charge is 0.234 e. The van der Waals surface area contributed by atoms with Gasteiger partial charge in [-0.15, -0.1) is 6.58 Å². The Morgan fingerprint density at radius 3 is 2.12 bits per heavy atom. The highest BCUT2D eigenvalue weighted by Crippen LogP contribution is 2.03. The minimum Gasteiger partial charge on any atom is -0.352 e. The molecule has 0 aliphatic carbocycles. The summed E-state index contributed by atoms with van der Waals surface area (Å²) in [6.07, 6.45) is 1.70. The van der Waals surface area contributed by atoms with Crippen molar-refractivity contribution >= 4 is 5.91 Å². The summed E-state index contributed by atoms with van der Waals surface area (Å²) in [5.74, 6) is 1.26. The third kappa shape index (κ3) is 8.48. The second-order valence-corrected chi connectivity index (χ2v) is 5.07. The van der Waals surface area contributed by atoms with Crippen LogP contribution in [0.25, 0.3) is 0 Å². The van der Waals surface area contributed by atoms with Crippen LogP contribution in [0.4, 0.5) is 0 Å². The predicted octanol–water partition coefficient (Wildman–Crippen LogP) is 1.90. The highest BCUT2D eigenvalue weighted by Gasteiger charge is 2.12. The largest absolute Gasteiger partial charge is 0.352 e. The van der Waals surface area contributed by atoms with Crippen LogP contribution in [0.1, 0.15) is 27.7 Å². The molecule has 0 aromatic carbocycles. The van der Waals surface area contributed by atoms with E-state index in [1.807, 2.05) is 0 Å². The SMILES string of the molecule is C=CCNC(=O)CN(CC(C)C)CC(C)C. The zero-order chi connectivity index (χ0) is 12.6. The van der Waals surface area contributed by atoms with Crippen LogP contribution in [-0.4, -0.2) is 37.0 Å². The van der Waals surface area contributed by atoms with E-state index in [-0.39, 0.29) is 5.91 Å². The maximum absolute atomic E-state index is 11.6. The zero-order valence-corrected chi connectivity index (χ0v) is 11.1. The van der Waals surface area contributed by atoms with E-state index in [1.165, 1.54) is 0 Å². The van der Waals surface area contributed by atoms with Gasteiger partial charge < -0.3 is 5.32 Å². The van der Waals surface area contributed by atoms with Gasteiger partial charge in [0.1, 0.15) is 0 Å². The Morgan fingerprint density at radius 1 is 1.25 bits per heavy atom. The maximum atomic E-state index is 11.6. The fraction of sp³-hybridized carbons (Fsp3) is 0.769. The van der Waals surface area contributed by atoms with Crippen molar-refractivity contribution < 1.29 is 4.79 Å². The Kier molecular flexibility index (Phi) is 7.90. The van der Waals surface area contributed by atoms with E-state index in [0.717, 1.165) is 13.1 Å². The van der Waals surface area contributed by atoms with Gasteiger partial charge >= 0.3 is 0 Å². The molecule has 0 rings (SSSR count). The Bertz CT molecular complexity index is 202. The average Bonchev–Trinajstić information content (AvgIpc) is 2.12. The van der Waals surface area contributed by atoms with Gasteiger partial charge in [-0.3, -0.25) is 9.69 Å². The third-order valence-electron chi connectivity index (χ3n) is 2.06. The first-order valence-corrected chi connectivity index (χ1v) is 6.05. The highest BCUT2D eigenvalue weighted by molar-refractivity contribution is 5.78. The standard InChI is InChI=1S/C13H26N2O/c1-6-7-14-13(16)10-15(8-11(2)3)9-12(4)5/h6,11-12H,1,7-10H2,2-5H3,(H,14,16). The second kappa shape index (κ2) is 8.34. The maximum Gasteiger partial charge on any atom is 0.234 e. The van der Waals surface area contributed by atoms with Crippen molar-refractivity contribution in [2.45, 2.75) is 27.7 Å². The highest BCUT2D eigenvalue weighted by atomic mass is 16.2. The molecule has 0 heterocycles. The number of amides is 1. The lowest BCUT2D eigenvalue weighted by Gasteiger charge is -2.25. The van der Waals surface area contributed by atoms with E-state index < -0.39 is 0 Å². The Morgan fingerprint density at radius 2 is 1.75 bits per heavy atom. The average molecular weight is 226 g/mol. The number of carbonyl (C=O) groups is 1. The molecule has 0 fully saturated rings. The molecule has 1 amide bonds. The topological polar surface area (TPSA) is 32.3 Å². The van der Waals surface area contributed by atoms with Crippen molar-refractivity contribution in [3.8, 4) is 0 Å². The summed E-state index contributed by atoms with van der Waals surface area (Å²) in [7, 11) is 0. The van der Waals surface area contributed by atoms with Crippen molar-refractivity contribution in [2.75, 3.05) is 26.2 Å². The first-order valence-electron chi connectivity index (χ1n) is 6.05. The van der Waals surface area contributed by atoms with Gasteiger partial charge in [-0.2, -0.15) is 0 Å². The predicted molar refractivity (Wildman–Crippen MR) is 69.3 cm³/mol. The third-order valence-corrected chi connectivity index (χ3v) is 2.06. The number of nitrogens with zero attached hydrogens (tertiary/aromatic N) is 1. The molecular formula is C13H26N2O. The molecule has 0 bridgehead atoms. The Hall–Kier alpha value is -0.830. The first kappa shape index (κ1) is 15.2. The van der Waals surface area contributed by atoms with Crippen LogP contribution in [-0.2, 0) is 4.79 Å². The molecule has 0 saturated carbocycles. The van der Waals surface area contributed by atoms with Gasteiger partial charge in [-0.05, 0) is 11.8 Å². The van der Waals surface area contributed by atoms with Crippen molar-refractivity contribution in [1.82, 2.24) is 10.2 Å². The molecule has 0 aliphatic rings. The molecule has 0 aromatic rings. The summed E-state index contributed by atoms with van der Waals surface area (Å²) in [4.78, 5) is 13.8. The molecule has 0 aliphatic heterocycles. The van der Waals surface area contributed by atoms with E-state index in [1.54, 1.807) is 6.08 Å². The molecule has 94 valence electrons. The molecule has 0 saturated heterocycles. The van der Waals surface area contributed by atoms with Gasteiger partial charge in [0.15, 0.2) is 0 Å². The lowest BCUT2D eigenvalue weighted by molar-refractivity contribution is -0.122. The van der Waals surface area contributed by atoms with Crippen LogP contribution in [0.15, 0.2) is 12.7 Å². The fourth-order valence-corrected chi connectivity index (χ4v) is 1.68. The molecular weight excluding hydrogens is 200 g/mol. The summed E-state index contributed by atoms with van der Waals surface area (Å²) in [6.45, 7) is 15.3. The monoisotopic (exact) mass is 226 g/mol. The molecule has 1 N–H and O–H groups in total. The minimum atomic E-state index is 0.0844. The van der Waals surface area contributed by atoms with Gasteiger partial charge in [0, 0.05) is 19.6 Å². The minimum absolute atomic E-state index is 0.0844. The zero-order valence-electron chi connectivity index (χ0n) is 11.1. The number of nitrogens with one attached hydrogen (secondary N) is 1. The summed E-state index contributed by atoms with van der Waals surface area (Å²) in [6, 6.07) is 0. The van der Waals surface area contributed by atoms with Crippen molar-refractivity contribution in [3.05, 3.63) is 12.7 Å². The van der Waals surface area contributed by atoms with Crippen LogP contribution < -0.4 is 5.32 Å². The van der Waals surface area contributed by atoms with Gasteiger partial charge in [-0.25, -0.2) is 0 Å². The van der Waals surface area contributed by atoms with Crippen LogP contribution >= 0.6 is 0 Å². The molecule has 16 heavy (non-hydrogen) atoms. The lowest BCUT2D eigenvalue weighted by atomic mass is 10.1. The van der Waals surface area contributed by atoms with E-state index in [2.05, 4.69) is 44.5 Å². The van der Waals surface area contributed by atoms with Gasteiger partial charge in [-0.1, -0.05) is 33.8 Å². The molecule has 0 atom stereocenters. The molecule has 0 radical (unpaired) electrons. The van der Waals surface area contributed by atoms with E-state index in [0.29, 0.717) is 24.9 Å². The van der Waals surface area contributed by atoms with Crippen molar-refractivity contribution in [1.29, 1.82) is 0 Å². The van der Waals surface area contributed by atoms with E-state index in [9.17, 15) is 4.79 Å². The van der Waals surface area contributed by atoms with Crippen LogP contribution in [0.3, 0.4) is 0 Å². The van der Waals surface area contributed by atoms with E-state index in [4.69, 9.17) is 0 Å². The van der Waals surface area contributed by atoms with Crippen molar-refractivity contribution in [3.63, 3.8) is 0 Å². The molecule has 0 spiro atoms. The number of hydrogen-bond acceptors (Lipinski definition) is 2. The van der Waals surface area contributed by atoms with Crippen LogP contribution in [0.5, 0.6) is 0 Å². The Balaban J connectivity index is 4.07.